The standard InChI is InChI=1S/C51H61F3N6O8S/c1-30-41(69-29-57-30)32-13-11-31(12-14-32)26-56-44(64)39-23-35(61)27-60(39)45(65)42(48(2,3)4)58-40(62)28-66-21-9-10-22-67-36-18-15-33(16-19-36)43(63)59-46-49(5,6)47(50(46,7)8)68-37-20-17-34(25-55)38(24-37)51(52,53)54/h11-20,24,29,35,39,42,46-47,61H,9-10,21-23,26-28H2,1-8H3,(H,56,64)(H,58,62)(H,59,63)/t35-,39+,42-,46-,47-/m1/s1. The Morgan fingerprint density at radius 3 is 2.22 bits per heavy atom. The third kappa shape index (κ3) is 12.4. The number of ether oxygens (including phenoxy) is 3. The number of halogens is 3. The van der Waals surface area contributed by atoms with E-state index >= 15 is 0 Å². The number of nitrogens with one attached hydrogen (secondary N) is 3. The van der Waals surface area contributed by atoms with Gasteiger partial charge in [-0.15, -0.1) is 11.3 Å². The SMILES string of the molecule is Cc1ncsc1-c1ccc(CNC(=O)[C@@H]2C[C@@H](O)CN2C(=O)[C@@H](NC(=O)COCCCCOc2ccc(C(=O)N[C@H]3C(C)(C)[C@H](Oc4ccc(C#N)c(C(F)(F)F)c4)C3(C)C)cc2)C(C)(C)C)cc1. The Morgan fingerprint density at radius 2 is 1.61 bits per heavy atom. The number of nitrogens with zero attached hydrogens (tertiary/aromatic N) is 3. The fraction of sp³-hybridized carbons (Fsp3) is 0.490. The Kier molecular flexibility index (Phi) is 16.2. The number of aromatic nitrogens is 1. The molecule has 0 unspecified atom stereocenters. The zero-order chi connectivity index (χ0) is 50.5. The number of aliphatic hydroxyl groups is 1. The number of β-amino-alcohol motifs (C(OH)–C–C–N with tert-alkyl or cyclic N) is 1. The number of benzene rings is 3. The molecule has 0 spiro atoms. The summed E-state index contributed by atoms with van der Waals surface area (Å²) in [6, 6.07) is 17.0. The van der Waals surface area contributed by atoms with Crippen molar-refractivity contribution in [2.75, 3.05) is 26.4 Å². The number of alkyl halides is 3. The largest absolute Gasteiger partial charge is 0.494 e. The molecule has 0 radical (unpaired) electrons. The van der Waals surface area contributed by atoms with Crippen molar-refractivity contribution < 1.29 is 51.7 Å². The zero-order valence-corrected chi connectivity index (χ0v) is 41.0. The van der Waals surface area contributed by atoms with Crippen LogP contribution in [0.5, 0.6) is 11.5 Å². The van der Waals surface area contributed by atoms with E-state index in [1.807, 2.05) is 79.7 Å². The first-order chi connectivity index (χ1) is 32.4. The van der Waals surface area contributed by atoms with Crippen molar-refractivity contribution in [3.63, 3.8) is 0 Å². The molecule has 3 aromatic carbocycles. The van der Waals surface area contributed by atoms with Gasteiger partial charge >= 0.3 is 6.18 Å². The summed E-state index contributed by atoms with van der Waals surface area (Å²) in [5.74, 6) is -1.16. The average Bonchev–Trinajstić information content (AvgIpc) is 3.92. The highest BCUT2D eigenvalue weighted by molar-refractivity contribution is 7.13. The molecule has 3 atom stereocenters. The Labute approximate surface area is 404 Å². The average molecular weight is 975 g/mol. The van der Waals surface area contributed by atoms with Gasteiger partial charge in [0.2, 0.25) is 17.7 Å². The molecule has 1 aliphatic carbocycles. The molecule has 2 heterocycles. The van der Waals surface area contributed by atoms with E-state index in [0.29, 0.717) is 30.8 Å². The lowest BCUT2D eigenvalue weighted by atomic mass is 9.49. The van der Waals surface area contributed by atoms with E-state index in [1.54, 1.807) is 47.2 Å². The lowest BCUT2D eigenvalue weighted by Gasteiger charge is -2.63. The topological polar surface area (TPSA) is 192 Å². The maximum absolute atomic E-state index is 14.0. The van der Waals surface area contributed by atoms with Gasteiger partial charge in [-0.2, -0.15) is 18.4 Å². The molecule has 2 aliphatic rings. The molecule has 1 aliphatic heterocycles. The smallest absolute Gasteiger partial charge is 0.417 e. The highest BCUT2D eigenvalue weighted by atomic mass is 32.1. The van der Waals surface area contributed by atoms with Crippen molar-refractivity contribution in [3.8, 4) is 28.0 Å². The molecule has 18 heteroatoms. The van der Waals surface area contributed by atoms with Crippen LogP contribution in [0.15, 0.2) is 72.2 Å². The highest BCUT2D eigenvalue weighted by Crippen LogP contribution is 2.56. The molecule has 6 rings (SSSR count). The van der Waals surface area contributed by atoms with Crippen molar-refractivity contribution in [3.05, 3.63) is 100 Å². The van der Waals surface area contributed by atoms with Gasteiger partial charge in [0.15, 0.2) is 0 Å². The zero-order valence-electron chi connectivity index (χ0n) is 40.2. The van der Waals surface area contributed by atoms with Crippen LogP contribution in [0.4, 0.5) is 13.2 Å². The van der Waals surface area contributed by atoms with E-state index in [2.05, 4.69) is 20.9 Å². The molecule has 2 fully saturated rings. The Bertz CT molecular complexity index is 2500. The molecule has 1 saturated carbocycles. The fourth-order valence-corrected chi connectivity index (χ4v) is 10.2. The summed E-state index contributed by atoms with van der Waals surface area (Å²) in [7, 11) is 0. The second kappa shape index (κ2) is 21.3. The van der Waals surface area contributed by atoms with Crippen LogP contribution in [0.2, 0.25) is 0 Å². The molecule has 0 bridgehead atoms. The number of unbranched alkanes of at least 4 members (excludes halogenated alkanes) is 1. The van der Waals surface area contributed by atoms with E-state index < -0.39 is 75.6 Å². The number of thiazole rings is 1. The second-order valence-corrected chi connectivity index (χ2v) is 20.8. The van der Waals surface area contributed by atoms with E-state index in [0.717, 1.165) is 33.8 Å². The number of aryl methyl sites for hydroxylation is 1. The molecular weight excluding hydrogens is 914 g/mol. The van der Waals surface area contributed by atoms with Gasteiger partial charge in [0.1, 0.15) is 36.3 Å². The van der Waals surface area contributed by atoms with Crippen molar-refractivity contribution in [1.82, 2.24) is 25.8 Å². The van der Waals surface area contributed by atoms with Crippen LogP contribution in [0, 0.1) is 34.5 Å². The summed E-state index contributed by atoms with van der Waals surface area (Å²) in [5, 5.41) is 28.5. The molecule has 4 N–H and O–H groups in total. The first-order valence-electron chi connectivity index (χ1n) is 22.9. The van der Waals surface area contributed by atoms with Gasteiger partial charge in [-0.3, -0.25) is 19.2 Å². The number of aliphatic hydroxyl groups excluding tert-OH is 1. The van der Waals surface area contributed by atoms with Crippen molar-refractivity contribution in [2.45, 2.75) is 118 Å². The number of carbonyl (C=O) groups is 4. The van der Waals surface area contributed by atoms with E-state index in [-0.39, 0.29) is 50.4 Å². The molecule has 1 aromatic heterocycles. The minimum Gasteiger partial charge on any atom is -0.494 e. The van der Waals surface area contributed by atoms with Crippen LogP contribution in [0.25, 0.3) is 10.4 Å². The number of amides is 4. The molecule has 69 heavy (non-hydrogen) atoms. The van der Waals surface area contributed by atoms with Gasteiger partial charge in [-0.1, -0.05) is 72.7 Å². The summed E-state index contributed by atoms with van der Waals surface area (Å²) in [5.41, 5.74) is 1.45. The summed E-state index contributed by atoms with van der Waals surface area (Å²) >= 11 is 1.56. The Balaban J connectivity index is 0.903. The first kappa shape index (κ1) is 52.3. The predicted octanol–water partition coefficient (Wildman–Crippen LogP) is 7.61. The third-order valence-corrected chi connectivity index (χ3v) is 13.8. The number of hydrogen-bond acceptors (Lipinski definition) is 11. The van der Waals surface area contributed by atoms with Crippen LogP contribution in [-0.4, -0.2) is 95.3 Å². The normalized spacial score (nSPS) is 20.0. The Morgan fingerprint density at radius 1 is 0.957 bits per heavy atom. The number of rotatable bonds is 18. The summed E-state index contributed by atoms with van der Waals surface area (Å²) in [6.07, 6.45) is -4.92. The van der Waals surface area contributed by atoms with Crippen molar-refractivity contribution >= 4 is 35.0 Å². The minimum absolute atomic E-state index is 0.0141. The first-order valence-corrected chi connectivity index (χ1v) is 23.7. The van der Waals surface area contributed by atoms with E-state index in [4.69, 9.17) is 19.5 Å². The Hall–Kier alpha value is -6.03. The molecule has 4 aromatic rings. The van der Waals surface area contributed by atoms with E-state index in [9.17, 15) is 37.5 Å². The summed E-state index contributed by atoms with van der Waals surface area (Å²) in [6.45, 7) is 15.4. The molecular formula is C51H61F3N6O8S. The third-order valence-electron chi connectivity index (χ3n) is 12.8. The summed E-state index contributed by atoms with van der Waals surface area (Å²) in [4.78, 5) is 60.5. The number of likely N-dealkylation sites (tertiary alicyclic amines) is 1. The van der Waals surface area contributed by atoms with Gasteiger partial charge in [-0.05, 0) is 78.8 Å². The van der Waals surface area contributed by atoms with Crippen LogP contribution in [0.1, 0.15) is 100 Å². The maximum atomic E-state index is 14.0. The fourth-order valence-electron chi connectivity index (χ4n) is 9.43. The summed E-state index contributed by atoms with van der Waals surface area (Å²) < 4.78 is 58.3. The lowest BCUT2D eigenvalue weighted by Crippen LogP contribution is -2.74. The van der Waals surface area contributed by atoms with Crippen LogP contribution in [-0.2, 0) is 31.8 Å². The molecule has 370 valence electrons. The quantitative estimate of drug-likeness (QED) is 0.0722. The number of hydrogen-bond donors (Lipinski definition) is 4. The van der Waals surface area contributed by atoms with Crippen LogP contribution < -0.4 is 25.4 Å². The van der Waals surface area contributed by atoms with Crippen LogP contribution in [0.3, 0.4) is 0 Å². The molecule has 14 nitrogen and oxygen atoms in total. The van der Waals surface area contributed by atoms with Gasteiger partial charge in [0.25, 0.3) is 5.91 Å². The minimum atomic E-state index is -4.72. The van der Waals surface area contributed by atoms with Gasteiger partial charge in [0.05, 0.1) is 46.0 Å². The van der Waals surface area contributed by atoms with Gasteiger partial charge in [0, 0.05) is 48.6 Å². The number of nitriles is 1. The van der Waals surface area contributed by atoms with Crippen molar-refractivity contribution in [1.29, 1.82) is 5.26 Å². The molecule has 4 amide bonds. The lowest BCUT2D eigenvalue weighted by molar-refractivity contribution is -0.164. The predicted molar refractivity (Wildman–Crippen MR) is 253 cm³/mol. The second-order valence-electron chi connectivity index (χ2n) is 19.9. The maximum Gasteiger partial charge on any atom is 0.417 e. The monoisotopic (exact) mass is 974 g/mol. The van der Waals surface area contributed by atoms with E-state index in [1.165, 1.54) is 11.0 Å². The highest BCUT2D eigenvalue weighted by Gasteiger charge is 2.64. The van der Waals surface area contributed by atoms with Gasteiger partial charge < -0.3 is 40.2 Å². The number of carbonyl (C=O) groups excluding carboxylic acids is 4. The molecule has 1 saturated heterocycles. The van der Waals surface area contributed by atoms with Crippen molar-refractivity contribution in [2.24, 2.45) is 16.2 Å². The van der Waals surface area contributed by atoms with Gasteiger partial charge in [-0.25, -0.2) is 4.98 Å². The van der Waals surface area contributed by atoms with Crippen LogP contribution >= 0.6 is 11.3 Å².